The van der Waals surface area contributed by atoms with Crippen molar-refractivity contribution in [2.45, 2.75) is 13.0 Å². The third kappa shape index (κ3) is 0.585. The molecule has 0 amide bonds. The lowest BCUT2D eigenvalue weighted by Crippen LogP contribution is -1.74. The fourth-order valence-corrected chi connectivity index (χ4v) is 0.883. The molecule has 1 aliphatic rings. The van der Waals surface area contributed by atoms with Crippen LogP contribution in [0, 0.1) is 0 Å². The minimum absolute atomic E-state index is 0.211. The third-order valence-corrected chi connectivity index (χ3v) is 1.83. The quantitative estimate of drug-likeness (QED) is 0.359. The van der Waals surface area contributed by atoms with E-state index in [-0.39, 0.29) is 8.61 Å². The number of rotatable bonds is 1. The lowest BCUT2D eigenvalue weighted by molar-refractivity contribution is 0.577. The fraction of sp³-hybridized carbons (Fsp3) is 1.00. The van der Waals surface area contributed by atoms with Gasteiger partial charge in [-0.3, -0.25) is 0 Å². The molecular weight excluding hydrogens is 97.0 g/mol. The van der Waals surface area contributed by atoms with Crippen LogP contribution in [0.4, 0.5) is 0 Å². The Kier molecular flexibility index (Phi) is 0.904. The van der Waals surface area contributed by atoms with Crippen LogP contribution >= 0.6 is 8.61 Å². The van der Waals surface area contributed by atoms with Gasteiger partial charge >= 0.3 is 8.61 Å². The van der Waals surface area contributed by atoms with Crippen LogP contribution in [0.15, 0.2) is 0 Å². The summed E-state index contributed by atoms with van der Waals surface area (Å²) in [4.78, 5) is 0. The zero-order valence-corrected chi connectivity index (χ0v) is 4.64. The van der Waals surface area contributed by atoms with Gasteiger partial charge in [0.15, 0.2) is 0 Å². The first-order valence-corrected chi connectivity index (χ1v) is 2.84. The van der Waals surface area contributed by atoms with Gasteiger partial charge in [0.1, 0.15) is 0 Å². The van der Waals surface area contributed by atoms with E-state index in [0.29, 0.717) is 6.04 Å². The van der Waals surface area contributed by atoms with Crippen LogP contribution in [0.3, 0.4) is 0 Å². The Labute approximate surface area is 38.4 Å². The maximum atomic E-state index is 9.86. The topological polar surface area (TPSA) is 20.1 Å². The van der Waals surface area contributed by atoms with E-state index < -0.39 is 0 Å². The van der Waals surface area contributed by atoms with E-state index in [2.05, 4.69) is 6.92 Å². The summed E-state index contributed by atoms with van der Waals surface area (Å²) in [5.74, 6) is 0. The molecular formula is C3H7NOP+. The molecule has 0 spiro atoms. The van der Waals surface area contributed by atoms with Crippen molar-refractivity contribution in [3.63, 3.8) is 0 Å². The zero-order valence-electron chi connectivity index (χ0n) is 3.64. The SMILES string of the molecule is CC1CN1[PH+]=O. The van der Waals surface area contributed by atoms with E-state index in [9.17, 15) is 4.57 Å². The van der Waals surface area contributed by atoms with Gasteiger partial charge in [-0.15, -0.1) is 0 Å². The number of hydrogen-bond donors (Lipinski definition) is 0. The highest BCUT2D eigenvalue weighted by Gasteiger charge is 2.36. The van der Waals surface area contributed by atoms with Crippen molar-refractivity contribution in [3.05, 3.63) is 0 Å². The van der Waals surface area contributed by atoms with E-state index in [0.717, 1.165) is 6.54 Å². The molecule has 0 aliphatic carbocycles. The van der Waals surface area contributed by atoms with Gasteiger partial charge in [0.05, 0.1) is 12.6 Å². The molecule has 1 rings (SSSR count). The van der Waals surface area contributed by atoms with E-state index >= 15 is 0 Å². The van der Waals surface area contributed by atoms with Crippen molar-refractivity contribution in [1.82, 2.24) is 4.67 Å². The second-order valence-corrected chi connectivity index (χ2v) is 2.35. The average Bonchev–Trinajstić information content (AvgIpc) is 2.19. The van der Waals surface area contributed by atoms with E-state index in [1.807, 2.05) is 4.67 Å². The second kappa shape index (κ2) is 1.28. The Hall–Kier alpha value is 0.0600. The molecule has 3 atom stereocenters. The molecule has 0 saturated carbocycles. The maximum Gasteiger partial charge on any atom is 0.421 e. The summed E-state index contributed by atoms with van der Waals surface area (Å²) in [6.07, 6.45) is 0. The van der Waals surface area contributed by atoms with Crippen LogP contribution in [-0.4, -0.2) is 17.3 Å². The van der Waals surface area contributed by atoms with Gasteiger partial charge in [-0.2, -0.15) is 0 Å². The summed E-state index contributed by atoms with van der Waals surface area (Å²) in [7, 11) is -0.211. The molecule has 2 nitrogen and oxygen atoms in total. The summed E-state index contributed by atoms with van der Waals surface area (Å²) in [6.45, 7) is 3.09. The Bertz CT molecular complexity index is 75.2. The molecule has 0 aromatic heterocycles. The summed E-state index contributed by atoms with van der Waals surface area (Å²) in [6, 6.07) is 0.598. The molecule has 3 unspecified atom stereocenters. The molecule has 0 N–H and O–H groups in total. The van der Waals surface area contributed by atoms with Crippen LogP contribution in [0.25, 0.3) is 0 Å². The molecule has 0 aromatic carbocycles. The minimum atomic E-state index is -0.211. The second-order valence-electron chi connectivity index (χ2n) is 1.59. The minimum Gasteiger partial charge on any atom is -0.0928 e. The van der Waals surface area contributed by atoms with Crippen molar-refractivity contribution in [3.8, 4) is 0 Å². The fourth-order valence-electron chi connectivity index (χ4n) is 0.365. The van der Waals surface area contributed by atoms with E-state index in [1.54, 1.807) is 0 Å². The lowest BCUT2D eigenvalue weighted by Gasteiger charge is -1.62. The standard InChI is InChI=1S/C3H6NOP/c1-3-2-4(3)6-5/h3H,2H2,1H3/p+1. The van der Waals surface area contributed by atoms with Gasteiger partial charge in [-0.05, 0) is 6.92 Å². The predicted octanol–water partition coefficient (Wildman–Crippen LogP) is 0.629. The van der Waals surface area contributed by atoms with Crippen LogP contribution in [-0.2, 0) is 4.57 Å². The summed E-state index contributed by atoms with van der Waals surface area (Å²) in [5.41, 5.74) is 0. The first-order chi connectivity index (χ1) is 2.84. The molecule has 3 heteroatoms. The van der Waals surface area contributed by atoms with Gasteiger partial charge in [-0.25, -0.2) is 0 Å². The summed E-state index contributed by atoms with van der Waals surface area (Å²) >= 11 is 0. The van der Waals surface area contributed by atoms with Crippen molar-refractivity contribution in [2.75, 3.05) is 6.54 Å². The summed E-state index contributed by atoms with van der Waals surface area (Å²) < 4.78 is 11.7. The zero-order chi connectivity index (χ0) is 4.57. The molecule has 0 bridgehead atoms. The highest BCUT2D eigenvalue weighted by Crippen LogP contribution is 2.24. The molecule has 6 heavy (non-hydrogen) atoms. The first kappa shape index (κ1) is 4.23. The Morgan fingerprint density at radius 2 is 2.50 bits per heavy atom. The lowest BCUT2D eigenvalue weighted by atomic mass is 10.6. The van der Waals surface area contributed by atoms with Crippen LogP contribution in [0.5, 0.6) is 0 Å². The smallest absolute Gasteiger partial charge is 0.0928 e. The monoisotopic (exact) mass is 104 g/mol. The highest BCUT2D eigenvalue weighted by molar-refractivity contribution is 7.21. The summed E-state index contributed by atoms with van der Waals surface area (Å²) in [5, 5.41) is 0. The molecule has 34 valence electrons. The predicted molar refractivity (Wildman–Crippen MR) is 25.2 cm³/mol. The molecule has 1 fully saturated rings. The van der Waals surface area contributed by atoms with Crippen LogP contribution in [0.1, 0.15) is 6.92 Å². The molecule has 0 aromatic rings. The maximum absolute atomic E-state index is 9.86. The van der Waals surface area contributed by atoms with E-state index in [1.165, 1.54) is 0 Å². The normalized spacial score (nSPS) is 43.5. The Morgan fingerprint density at radius 3 is 2.50 bits per heavy atom. The van der Waals surface area contributed by atoms with Gasteiger partial charge in [0.25, 0.3) is 0 Å². The molecule has 1 heterocycles. The van der Waals surface area contributed by atoms with Gasteiger partial charge in [0, 0.05) is 0 Å². The Balaban J connectivity index is 2.25. The van der Waals surface area contributed by atoms with Crippen molar-refractivity contribution in [1.29, 1.82) is 0 Å². The van der Waals surface area contributed by atoms with Crippen molar-refractivity contribution in [2.24, 2.45) is 0 Å². The van der Waals surface area contributed by atoms with Gasteiger partial charge < -0.3 is 0 Å². The van der Waals surface area contributed by atoms with Crippen molar-refractivity contribution < 1.29 is 4.57 Å². The average molecular weight is 104 g/mol. The first-order valence-electron chi connectivity index (χ1n) is 1.99. The number of hydrogen-bond acceptors (Lipinski definition) is 1. The largest absolute Gasteiger partial charge is 0.421 e. The molecule has 1 saturated heterocycles. The van der Waals surface area contributed by atoms with Crippen LogP contribution in [0.2, 0.25) is 0 Å². The van der Waals surface area contributed by atoms with Gasteiger partial charge in [-0.1, -0.05) is 9.24 Å². The highest BCUT2D eigenvalue weighted by atomic mass is 31.1. The molecule has 1 aliphatic heterocycles. The van der Waals surface area contributed by atoms with Gasteiger partial charge in [0.2, 0.25) is 0 Å². The van der Waals surface area contributed by atoms with E-state index in [4.69, 9.17) is 0 Å². The third-order valence-electron chi connectivity index (χ3n) is 0.977. The van der Waals surface area contributed by atoms with Crippen molar-refractivity contribution >= 4 is 8.61 Å². The molecule has 0 radical (unpaired) electrons. The van der Waals surface area contributed by atoms with Crippen LogP contribution < -0.4 is 0 Å². The Morgan fingerprint density at radius 1 is 2.00 bits per heavy atom. The number of nitrogens with zero attached hydrogens (tertiary/aromatic N) is 1.